The van der Waals surface area contributed by atoms with Gasteiger partial charge in [-0.1, -0.05) is 6.07 Å². The number of benzene rings is 2. The van der Waals surface area contributed by atoms with Crippen LogP contribution in [0.3, 0.4) is 0 Å². The van der Waals surface area contributed by atoms with Crippen LogP contribution in [0.5, 0.6) is 11.6 Å². The fourth-order valence-electron chi connectivity index (χ4n) is 5.01. The molecule has 1 amide bonds. The number of aromatic amines is 1. The highest BCUT2D eigenvalue weighted by Crippen LogP contribution is 2.41. The number of hydrogen-bond donors (Lipinski definition) is 2. The van der Waals surface area contributed by atoms with Crippen molar-refractivity contribution in [2.24, 2.45) is 11.7 Å². The van der Waals surface area contributed by atoms with Gasteiger partial charge >= 0.3 is 6.18 Å². The molecular weight excluding hydrogens is 535 g/mol. The smallest absolute Gasteiger partial charge is 0.418 e. The zero-order valence-corrected chi connectivity index (χ0v) is 21.3. The van der Waals surface area contributed by atoms with Gasteiger partial charge in [-0.3, -0.25) is 9.59 Å². The zero-order chi connectivity index (χ0) is 28.9. The second kappa shape index (κ2) is 9.92. The normalized spacial score (nSPS) is 15.6. The number of anilines is 1. The van der Waals surface area contributed by atoms with Crippen molar-refractivity contribution in [3.8, 4) is 22.9 Å². The van der Waals surface area contributed by atoms with Crippen LogP contribution in [-0.2, 0) is 11.0 Å². The third-order valence-corrected chi connectivity index (χ3v) is 7.14. The summed E-state index contributed by atoms with van der Waals surface area (Å²) in [5.41, 5.74) is 4.11. The van der Waals surface area contributed by atoms with Crippen LogP contribution in [0.2, 0.25) is 0 Å². The van der Waals surface area contributed by atoms with Crippen molar-refractivity contribution < 1.29 is 31.5 Å². The third kappa shape index (κ3) is 4.74. The van der Waals surface area contributed by atoms with E-state index in [9.17, 15) is 31.5 Å². The van der Waals surface area contributed by atoms with Crippen LogP contribution in [0.4, 0.5) is 27.6 Å². The molecule has 208 valence electrons. The van der Waals surface area contributed by atoms with Crippen molar-refractivity contribution in [1.29, 1.82) is 0 Å². The minimum absolute atomic E-state index is 0.0163. The van der Waals surface area contributed by atoms with E-state index in [4.69, 9.17) is 10.5 Å². The first-order valence-corrected chi connectivity index (χ1v) is 12.3. The van der Waals surface area contributed by atoms with Gasteiger partial charge < -0.3 is 20.4 Å². The fraction of sp³-hybridized carbons (Fsp3) is 0.250. The SMILES string of the molecule is Cc1c(Oc2ncc(C(F)(F)F)c(C)c2-c2cc(=O)c3c(N4CC[C@H](C(N)=O)C4)cccc3[nH]2)ccc(F)c1F. The molecule has 1 fully saturated rings. The molecule has 2 aromatic carbocycles. The number of nitrogens with zero attached hydrogens (tertiary/aromatic N) is 2. The molecule has 1 saturated heterocycles. The number of rotatable bonds is 5. The monoisotopic (exact) mass is 558 g/mol. The van der Waals surface area contributed by atoms with Gasteiger partial charge in [-0.05, 0) is 50.1 Å². The Morgan fingerprint density at radius 1 is 1.15 bits per heavy atom. The Morgan fingerprint density at radius 3 is 2.58 bits per heavy atom. The van der Waals surface area contributed by atoms with Crippen molar-refractivity contribution >= 4 is 22.5 Å². The average Bonchev–Trinajstić information content (AvgIpc) is 3.39. The van der Waals surface area contributed by atoms with E-state index in [-0.39, 0.29) is 45.3 Å². The Labute approximate surface area is 224 Å². The molecule has 2 aromatic heterocycles. The second-order valence-electron chi connectivity index (χ2n) is 9.64. The molecule has 0 unspecified atom stereocenters. The van der Waals surface area contributed by atoms with E-state index in [1.54, 1.807) is 18.2 Å². The molecule has 3 N–H and O–H groups in total. The van der Waals surface area contributed by atoms with Gasteiger partial charge in [-0.15, -0.1) is 0 Å². The predicted octanol–water partition coefficient (Wildman–Crippen LogP) is 5.61. The Balaban J connectivity index is 1.68. The van der Waals surface area contributed by atoms with Gasteiger partial charge in [-0.2, -0.15) is 13.2 Å². The maximum Gasteiger partial charge on any atom is 0.418 e. The number of hydrogen-bond acceptors (Lipinski definition) is 5. The molecule has 0 aliphatic carbocycles. The van der Waals surface area contributed by atoms with E-state index in [1.807, 2.05) is 4.90 Å². The maximum atomic E-state index is 14.2. The number of alkyl halides is 3. The van der Waals surface area contributed by atoms with Gasteiger partial charge in [0.15, 0.2) is 17.1 Å². The lowest BCUT2D eigenvalue weighted by Crippen LogP contribution is -2.27. The first kappa shape index (κ1) is 27.1. The number of primary amides is 1. The number of carbonyl (C=O) groups is 1. The molecule has 7 nitrogen and oxygen atoms in total. The number of halogens is 5. The first-order chi connectivity index (χ1) is 18.9. The van der Waals surface area contributed by atoms with E-state index in [0.717, 1.165) is 18.2 Å². The standard InChI is InChI=1S/C28H23F5N4O3/c1-13-16(28(31,32)33)11-35-27(40-22-7-6-17(29)25(30)14(22)2)23(13)19-10-21(38)24-18(36-19)4-3-5-20(24)37-9-8-15(12-37)26(34)39/h3-7,10-11,15H,8-9,12H2,1-2H3,(H2,34,39)(H,36,38)/t15-/m0/s1. The summed E-state index contributed by atoms with van der Waals surface area (Å²) in [6.07, 6.45) is -3.65. The maximum absolute atomic E-state index is 14.2. The zero-order valence-electron chi connectivity index (χ0n) is 21.3. The van der Waals surface area contributed by atoms with Crippen LogP contribution >= 0.6 is 0 Å². The summed E-state index contributed by atoms with van der Waals surface area (Å²) in [6.45, 7) is 3.29. The molecule has 0 spiro atoms. The highest BCUT2D eigenvalue weighted by atomic mass is 19.4. The summed E-state index contributed by atoms with van der Waals surface area (Å²) < 4.78 is 75.0. The molecule has 1 aliphatic rings. The summed E-state index contributed by atoms with van der Waals surface area (Å²) in [7, 11) is 0. The summed E-state index contributed by atoms with van der Waals surface area (Å²) in [6, 6.07) is 8.10. The van der Waals surface area contributed by atoms with Gasteiger partial charge in [-0.25, -0.2) is 13.8 Å². The lowest BCUT2D eigenvalue weighted by molar-refractivity contribution is -0.138. The number of nitrogens with one attached hydrogen (secondary N) is 1. The van der Waals surface area contributed by atoms with Crippen LogP contribution in [0.15, 0.2) is 47.4 Å². The van der Waals surface area contributed by atoms with Gasteiger partial charge in [0, 0.05) is 30.9 Å². The minimum Gasteiger partial charge on any atom is -0.438 e. The van der Waals surface area contributed by atoms with Gasteiger partial charge in [0.25, 0.3) is 0 Å². The van der Waals surface area contributed by atoms with E-state index >= 15 is 0 Å². The second-order valence-corrected chi connectivity index (χ2v) is 9.64. The number of nitrogens with two attached hydrogens (primary N) is 1. The van der Waals surface area contributed by atoms with E-state index in [0.29, 0.717) is 36.9 Å². The van der Waals surface area contributed by atoms with Gasteiger partial charge in [0.2, 0.25) is 11.8 Å². The van der Waals surface area contributed by atoms with Crippen molar-refractivity contribution in [2.45, 2.75) is 26.4 Å². The number of ether oxygens (including phenoxy) is 1. The Kier molecular flexibility index (Phi) is 6.72. The molecule has 3 heterocycles. The minimum atomic E-state index is -4.76. The van der Waals surface area contributed by atoms with Gasteiger partial charge in [0.05, 0.1) is 39.3 Å². The van der Waals surface area contributed by atoms with E-state index in [1.165, 1.54) is 13.8 Å². The number of carbonyl (C=O) groups excluding carboxylic acids is 1. The van der Waals surface area contributed by atoms with Crippen molar-refractivity contribution in [3.63, 3.8) is 0 Å². The number of pyridine rings is 2. The lowest BCUT2D eigenvalue weighted by Gasteiger charge is -2.21. The Morgan fingerprint density at radius 2 is 1.90 bits per heavy atom. The average molecular weight is 559 g/mol. The molecule has 1 aliphatic heterocycles. The van der Waals surface area contributed by atoms with Gasteiger partial charge in [0.1, 0.15) is 5.75 Å². The van der Waals surface area contributed by atoms with E-state index in [2.05, 4.69) is 9.97 Å². The molecule has 0 saturated carbocycles. The van der Waals surface area contributed by atoms with E-state index < -0.39 is 34.7 Å². The Bertz CT molecular complexity index is 1720. The highest BCUT2D eigenvalue weighted by Gasteiger charge is 2.35. The molecule has 0 bridgehead atoms. The third-order valence-electron chi connectivity index (χ3n) is 7.14. The van der Waals surface area contributed by atoms with Crippen LogP contribution in [-0.4, -0.2) is 29.0 Å². The van der Waals surface area contributed by atoms with Crippen molar-refractivity contribution in [3.05, 3.63) is 81.1 Å². The summed E-state index contributed by atoms with van der Waals surface area (Å²) in [5.74, 6) is -3.58. The van der Waals surface area contributed by atoms with Crippen molar-refractivity contribution in [1.82, 2.24) is 9.97 Å². The predicted molar refractivity (Wildman–Crippen MR) is 138 cm³/mol. The van der Waals surface area contributed by atoms with Crippen LogP contribution in [0.1, 0.15) is 23.1 Å². The first-order valence-electron chi connectivity index (χ1n) is 12.3. The number of amides is 1. The topological polar surface area (TPSA) is 101 Å². The number of aromatic nitrogens is 2. The molecule has 12 heteroatoms. The number of H-pyrrole nitrogens is 1. The van der Waals surface area contributed by atoms with Crippen molar-refractivity contribution in [2.75, 3.05) is 18.0 Å². The molecule has 1 atom stereocenters. The molecule has 5 rings (SSSR count). The fourth-order valence-corrected chi connectivity index (χ4v) is 5.01. The molecule has 4 aromatic rings. The summed E-state index contributed by atoms with van der Waals surface area (Å²) in [4.78, 5) is 33.8. The molecular formula is C28H23F5N4O3. The summed E-state index contributed by atoms with van der Waals surface area (Å²) >= 11 is 0. The quantitative estimate of drug-likeness (QED) is 0.310. The van der Waals surface area contributed by atoms with Crippen LogP contribution < -0.4 is 20.8 Å². The highest BCUT2D eigenvalue weighted by molar-refractivity contribution is 5.94. The largest absolute Gasteiger partial charge is 0.438 e. The van der Waals surface area contributed by atoms with Crippen LogP contribution in [0, 0.1) is 31.4 Å². The molecule has 0 radical (unpaired) electrons. The lowest BCUT2D eigenvalue weighted by atomic mass is 10.0. The number of fused-ring (bicyclic) bond motifs is 1. The molecule has 40 heavy (non-hydrogen) atoms. The van der Waals surface area contributed by atoms with Crippen LogP contribution in [0.25, 0.3) is 22.2 Å². The summed E-state index contributed by atoms with van der Waals surface area (Å²) in [5, 5.41) is 0.285. The Hall–Kier alpha value is -4.48.